The molecule has 0 bridgehead atoms. The number of nitrogens with zero attached hydrogens (tertiary/aromatic N) is 1. The molecule has 2 rings (SSSR count). The fourth-order valence-electron chi connectivity index (χ4n) is 2.62. The fourth-order valence-corrected chi connectivity index (χ4v) is 4.06. The zero-order chi connectivity index (χ0) is 16.7. The summed E-state index contributed by atoms with van der Waals surface area (Å²) >= 11 is 1.64. The molecule has 0 unspecified atom stereocenters. The Morgan fingerprint density at radius 1 is 1.22 bits per heavy atom. The van der Waals surface area contributed by atoms with Crippen molar-refractivity contribution in [1.82, 2.24) is 4.90 Å². The van der Waals surface area contributed by atoms with Gasteiger partial charge >= 0.3 is 5.97 Å². The summed E-state index contributed by atoms with van der Waals surface area (Å²) in [4.78, 5) is 26.7. The van der Waals surface area contributed by atoms with E-state index in [1.54, 1.807) is 16.7 Å². The van der Waals surface area contributed by atoms with Crippen molar-refractivity contribution >= 4 is 23.6 Å². The summed E-state index contributed by atoms with van der Waals surface area (Å²) in [6, 6.07) is 9.43. The van der Waals surface area contributed by atoms with E-state index in [2.05, 4.69) is 6.92 Å². The molecule has 23 heavy (non-hydrogen) atoms. The number of carbonyl (C=O) groups is 2. The van der Waals surface area contributed by atoms with Crippen molar-refractivity contribution in [2.45, 2.75) is 50.9 Å². The number of esters is 1. The van der Waals surface area contributed by atoms with Crippen LogP contribution in [0.4, 0.5) is 0 Å². The van der Waals surface area contributed by atoms with E-state index >= 15 is 0 Å². The second-order valence-electron chi connectivity index (χ2n) is 5.68. The number of amides is 1. The van der Waals surface area contributed by atoms with Crippen molar-refractivity contribution in [1.29, 1.82) is 0 Å². The zero-order valence-electron chi connectivity index (χ0n) is 13.9. The number of hydrogen-bond donors (Lipinski definition) is 0. The monoisotopic (exact) mass is 335 g/mol. The van der Waals surface area contributed by atoms with Crippen molar-refractivity contribution < 1.29 is 14.3 Å². The lowest BCUT2D eigenvalue weighted by Gasteiger charge is -2.28. The van der Waals surface area contributed by atoms with Crippen LogP contribution in [0.1, 0.15) is 50.5 Å². The highest BCUT2D eigenvalue weighted by Crippen LogP contribution is 2.42. The van der Waals surface area contributed by atoms with E-state index in [0.717, 1.165) is 24.8 Å². The highest BCUT2D eigenvalue weighted by molar-refractivity contribution is 7.99. The van der Waals surface area contributed by atoms with Gasteiger partial charge in [-0.25, -0.2) is 4.79 Å². The molecule has 0 saturated carbocycles. The Bertz CT molecular complexity index is 520. The van der Waals surface area contributed by atoms with Crippen molar-refractivity contribution in [3.8, 4) is 0 Å². The summed E-state index contributed by atoms with van der Waals surface area (Å²) < 4.78 is 5.36. The molecule has 1 aromatic rings. The van der Waals surface area contributed by atoms with Crippen LogP contribution in [0.15, 0.2) is 30.3 Å². The third-order valence-corrected chi connectivity index (χ3v) is 5.17. The van der Waals surface area contributed by atoms with Crippen LogP contribution in [-0.2, 0) is 14.3 Å². The summed E-state index contributed by atoms with van der Waals surface area (Å²) in [6.07, 6.45) is 3.08. The van der Waals surface area contributed by atoms with Crippen LogP contribution >= 0.6 is 11.8 Å². The number of unbranched alkanes of at least 4 members (excludes halogenated alkanes) is 1. The maximum Gasteiger partial charge on any atom is 0.329 e. The summed E-state index contributed by atoms with van der Waals surface area (Å²) in [5.41, 5.74) is 1.06. The molecule has 1 aliphatic heterocycles. The van der Waals surface area contributed by atoms with Gasteiger partial charge in [0.05, 0.1) is 6.61 Å². The van der Waals surface area contributed by atoms with E-state index in [9.17, 15) is 9.59 Å². The Kier molecular flexibility index (Phi) is 6.96. The van der Waals surface area contributed by atoms with Crippen LogP contribution in [0, 0.1) is 0 Å². The second-order valence-corrected chi connectivity index (χ2v) is 6.80. The largest absolute Gasteiger partial charge is 0.464 e. The first-order valence-electron chi connectivity index (χ1n) is 8.33. The number of ether oxygens (including phenoxy) is 1. The van der Waals surface area contributed by atoms with E-state index in [1.165, 1.54) is 0 Å². The van der Waals surface area contributed by atoms with E-state index in [-0.39, 0.29) is 17.3 Å². The molecule has 0 aromatic heterocycles. The van der Waals surface area contributed by atoms with Gasteiger partial charge in [-0.1, -0.05) is 50.6 Å². The summed E-state index contributed by atoms with van der Waals surface area (Å²) in [7, 11) is 0. The van der Waals surface area contributed by atoms with Gasteiger partial charge in [-0.05, 0) is 18.4 Å². The number of rotatable bonds is 7. The molecule has 1 fully saturated rings. The van der Waals surface area contributed by atoms with Crippen molar-refractivity contribution in [3.63, 3.8) is 0 Å². The summed E-state index contributed by atoms with van der Waals surface area (Å²) in [5.74, 6) is 0.359. The van der Waals surface area contributed by atoms with Gasteiger partial charge in [0.15, 0.2) is 0 Å². The Balaban J connectivity index is 2.15. The number of carbonyl (C=O) groups excluding carboxylic acids is 2. The van der Waals surface area contributed by atoms with E-state index in [1.807, 2.05) is 37.3 Å². The molecule has 1 aliphatic rings. The predicted molar refractivity (Wildman–Crippen MR) is 93.1 cm³/mol. The molecule has 126 valence electrons. The van der Waals surface area contributed by atoms with E-state index < -0.39 is 6.04 Å². The average Bonchev–Trinajstić information content (AvgIpc) is 3.01. The molecular formula is C18H25NO3S. The Morgan fingerprint density at radius 2 is 1.96 bits per heavy atom. The standard InChI is InChI=1S/C18H25NO3S/c1-3-5-12-22-18(21)15-13-23-17(14-10-7-6-8-11-14)19(15)16(20)9-4-2/h6-8,10-11,15,17H,3-5,9,12-13H2,1-2H3/t15-,17-/m1/s1. The molecule has 0 N–H and O–H groups in total. The van der Waals surface area contributed by atoms with Gasteiger partial charge in [0.1, 0.15) is 11.4 Å². The van der Waals surface area contributed by atoms with Crippen molar-refractivity contribution in [2.24, 2.45) is 0 Å². The predicted octanol–water partition coefficient (Wildman–Crippen LogP) is 3.77. The lowest BCUT2D eigenvalue weighted by atomic mass is 10.1. The van der Waals surface area contributed by atoms with Gasteiger partial charge < -0.3 is 9.64 Å². The molecule has 4 nitrogen and oxygen atoms in total. The highest BCUT2D eigenvalue weighted by Gasteiger charge is 2.42. The second kappa shape index (κ2) is 8.96. The number of benzene rings is 1. The lowest BCUT2D eigenvalue weighted by molar-refractivity contribution is -0.154. The van der Waals surface area contributed by atoms with Crippen LogP contribution in [-0.4, -0.2) is 35.2 Å². The van der Waals surface area contributed by atoms with Crippen LogP contribution < -0.4 is 0 Å². The molecule has 0 radical (unpaired) electrons. The van der Waals surface area contributed by atoms with Crippen molar-refractivity contribution in [3.05, 3.63) is 35.9 Å². The lowest BCUT2D eigenvalue weighted by Crippen LogP contribution is -2.43. The first kappa shape index (κ1) is 17.9. The minimum atomic E-state index is -0.471. The third kappa shape index (κ3) is 4.50. The fraction of sp³-hybridized carbons (Fsp3) is 0.556. The van der Waals surface area contributed by atoms with Gasteiger partial charge in [0.25, 0.3) is 0 Å². The SMILES string of the molecule is CCCCOC(=O)[C@H]1CS[C@H](c2ccccc2)N1C(=O)CCC. The minimum absolute atomic E-state index is 0.0313. The maximum atomic E-state index is 12.6. The summed E-state index contributed by atoms with van der Waals surface area (Å²) in [5, 5.41) is -0.0982. The van der Waals surface area contributed by atoms with Gasteiger partial charge in [0.2, 0.25) is 5.91 Å². The van der Waals surface area contributed by atoms with Crippen LogP contribution in [0.2, 0.25) is 0 Å². The Hall–Kier alpha value is -1.49. The topological polar surface area (TPSA) is 46.6 Å². The normalized spacial score (nSPS) is 20.5. The summed E-state index contributed by atoms with van der Waals surface area (Å²) in [6.45, 7) is 4.47. The number of thioether (sulfide) groups is 1. The van der Waals surface area contributed by atoms with Crippen LogP contribution in [0.25, 0.3) is 0 Å². The maximum absolute atomic E-state index is 12.6. The molecule has 1 aromatic carbocycles. The van der Waals surface area contributed by atoms with E-state index in [0.29, 0.717) is 18.8 Å². The average molecular weight is 335 g/mol. The molecule has 0 aliphatic carbocycles. The van der Waals surface area contributed by atoms with Crippen molar-refractivity contribution in [2.75, 3.05) is 12.4 Å². The molecule has 0 spiro atoms. The van der Waals surface area contributed by atoms with E-state index in [4.69, 9.17) is 4.74 Å². The third-order valence-electron chi connectivity index (χ3n) is 3.85. The number of hydrogen-bond acceptors (Lipinski definition) is 4. The first-order valence-corrected chi connectivity index (χ1v) is 9.38. The zero-order valence-corrected chi connectivity index (χ0v) is 14.7. The first-order chi connectivity index (χ1) is 11.2. The highest BCUT2D eigenvalue weighted by atomic mass is 32.2. The van der Waals surface area contributed by atoms with Gasteiger partial charge in [-0.2, -0.15) is 0 Å². The molecule has 2 atom stereocenters. The minimum Gasteiger partial charge on any atom is -0.464 e. The van der Waals surface area contributed by atoms with Crippen LogP contribution in [0.3, 0.4) is 0 Å². The van der Waals surface area contributed by atoms with Gasteiger partial charge in [-0.15, -0.1) is 11.8 Å². The molecule has 5 heteroatoms. The molecule has 1 saturated heterocycles. The smallest absolute Gasteiger partial charge is 0.329 e. The quantitative estimate of drug-likeness (QED) is 0.562. The molecule has 1 heterocycles. The van der Waals surface area contributed by atoms with Gasteiger partial charge in [0, 0.05) is 12.2 Å². The van der Waals surface area contributed by atoms with Gasteiger partial charge in [-0.3, -0.25) is 4.79 Å². The Labute approximate surface area is 142 Å². The van der Waals surface area contributed by atoms with Crippen LogP contribution in [0.5, 0.6) is 0 Å². The molecule has 1 amide bonds. The molecular weight excluding hydrogens is 310 g/mol. The Morgan fingerprint density at radius 3 is 2.61 bits per heavy atom.